The summed E-state index contributed by atoms with van der Waals surface area (Å²) in [5, 5.41) is 12.6. The molecule has 2 heterocycles. The summed E-state index contributed by atoms with van der Waals surface area (Å²) in [6.07, 6.45) is 11.6. The Morgan fingerprint density at radius 3 is 2.54 bits per heavy atom. The van der Waals surface area contributed by atoms with Crippen LogP contribution in [0.15, 0.2) is 30.5 Å². The van der Waals surface area contributed by atoms with Crippen LogP contribution in [-0.4, -0.2) is 37.2 Å². The fourth-order valence-corrected chi connectivity index (χ4v) is 4.69. The van der Waals surface area contributed by atoms with E-state index in [1.807, 2.05) is 0 Å². The van der Waals surface area contributed by atoms with Gasteiger partial charge in [-0.1, -0.05) is 25.0 Å². The van der Waals surface area contributed by atoms with Gasteiger partial charge in [0.05, 0.1) is 24.7 Å². The minimum absolute atomic E-state index is 0.0307. The van der Waals surface area contributed by atoms with Crippen LogP contribution in [-0.2, 0) is 0 Å². The highest BCUT2D eigenvalue weighted by Gasteiger charge is 2.37. The Bertz CT molecular complexity index is 935. The van der Waals surface area contributed by atoms with Crippen LogP contribution in [0.3, 0.4) is 0 Å². The van der Waals surface area contributed by atoms with Crippen molar-refractivity contribution in [3.63, 3.8) is 0 Å². The second-order valence-electron chi connectivity index (χ2n) is 7.74. The van der Waals surface area contributed by atoms with Crippen molar-refractivity contribution in [3.05, 3.63) is 40.6 Å². The summed E-state index contributed by atoms with van der Waals surface area (Å²) in [5.74, 6) is 1.10. The van der Waals surface area contributed by atoms with Gasteiger partial charge in [0, 0.05) is 24.5 Å². The molecule has 1 spiro atoms. The van der Waals surface area contributed by atoms with Crippen LogP contribution < -0.4 is 14.4 Å². The van der Waals surface area contributed by atoms with E-state index in [1.54, 1.807) is 26.4 Å². The monoisotopic (exact) mass is 383 g/mol. The van der Waals surface area contributed by atoms with Gasteiger partial charge in [-0.05, 0) is 30.7 Å². The summed E-state index contributed by atoms with van der Waals surface area (Å²) >= 11 is 0. The molecule has 4 rings (SSSR count). The van der Waals surface area contributed by atoms with Gasteiger partial charge in [-0.2, -0.15) is 0 Å². The molecule has 148 valence electrons. The molecule has 1 saturated carbocycles. The molecule has 7 heteroatoms. The number of fused-ring (bicyclic) bond motifs is 1. The Balaban J connectivity index is 1.91. The van der Waals surface area contributed by atoms with Gasteiger partial charge in [-0.15, -0.1) is 0 Å². The van der Waals surface area contributed by atoms with Gasteiger partial charge in [0.15, 0.2) is 11.5 Å². The zero-order chi connectivity index (χ0) is 19.7. The van der Waals surface area contributed by atoms with Crippen molar-refractivity contribution in [2.75, 3.05) is 32.2 Å². The Labute approximate surface area is 164 Å². The molecule has 0 bridgehead atoms. The number of anilines is 1. The standard InChI is InChI=1S/C21H25N3O4/c1-27-18-11-15-16(12-19(18)28-2)22-13-17(24(25)26)20(15)23-10-6-5-9-21(14-23)7-3-4-8-21/h5-6,11-13H,3-4,7-10,14H2,1-2H3. The second kappa shape index (κ2) is 7.30. The number of hydrogen-bond donors (Lipinski definition) is 0. The van der Waals surface area contributed by atoms with E-state index in [-0.39, 0.29) is 16.0 Å². The highest BCUT2D eigenvalue weighted by molar-refractivity contribution is 5.98. The molecule has 1 aromatic heterocycles. The number of aromatic nitrogens is 1. The van der Waals surface area contributed by atoms with Gasteiger partial charge in [0.1, 0.15) is 11.9 Å². The van der Waals surface area contributed by atoms with Crippen LogP contribution in [0.5, 0.6) is 11.5 Å². The van der Waals surface area contributed by atoms with Gasteiger partial charge in [-0.25, -0.2) is 4.98 Å². The SMILES string of the molecule is COc1cc2ncc([N+](=O)[O-])c(N3CC=CCC4(CCCC4)C3)c2cc1OC. The third-order valence-corrected chi connectivity index (χ3v) is 6.07. The lowest BCUT2D eigenvalue weighted by atomic mass is 9.82. The van der Waals surface area contributed by atoms with Crippen LogP contribution in [0.4, 0.5) is 11.4 Å². The Hall–Kier alpha value is -2.83. The second-order valence-corrected chi connectivity index (χ2v) is 7.74. The molecule has 2 aliphatic rings. The van der Waals surface area contributed by atoms with Gasteiger partial charge in [-0.3, -0.25) is 10.1 Å². The molecular weight excluding hydrogens is 358 g/mol. The maximum atomic E-state index is 11.8. The quantitative estimate of drug-likeness (QED) is 0.440. The molecule has 0 saturated heterocycles. The molecule has 0 radical (unpaired) electrons. The fraction of sp³-hybridized carbons (Fsp3) is 0.476. The first kappa shape index (κ1) is 18.5. The van der Waals surface area contributed by atoms with Crippen LogP contribution in [0, 0.1) is 15.5 Å². The molecule has 0 amide bonds. The molecule has 0 unspecified atom stereocenters. The van der Waals surface area contributed by atoms with E-state index >= 15 is 0 Å². The zero-order valence-electron chi connectivity index (χ0n) is 16.3. The predicted octanol–water partition coefficient (Wildman–Crippen LogP) is 4.49. The van der Waals surface area contributed by atoms with Crippen molar-refractivity contribution in [1.82, 2.24) is 4.98 Å². The lowest BCUT2D eigenvalue weighted by Gasteiger charge is -2.34. The number of methoxy groups -OCH3 is 2. The van der Waals surface area contributed by atoms with Crippen LogP contribution in [0.2, 0.25) is 0 Å². The highest BCUT2D eigenvalue weighted by atomic mass is 16.6. The average molecular weight is 383 g/mol. The molecule has 0 N–H and O–H groups in total. The van der Waals surface area contributed by atoms with E-state index in [0.29, 0.717) is 29.2 Å². The Morgan fingerprint density at radius 1 is 1.14 bits per heavy atom. The number of nitro groups is 1. The summed E-state index contributed by atoms with van der Waals surface area (Å²) in [6, 6.07) is 3.58. The topological polar surface area (TPSA) is 77.7 Å². The molecule has 1 fully saturated rings. The van der Waals surface area contributed by atoms with Gasteiger partial charge in [0.25, 0.3) is 0 Å². The smallest absolute Gasteiger partial charge is 0.311 e. The Morgan fingerprint density at radius 2 is 1.86 bits per heavy atom. The normalized spacial score (nSPS) is 18.4. The maximum Gasteiger partial charge on any atom is 0.311 e. The minimum Gasteiger partial charge on any atom is -0.493 e. The largest absolute Gasteiger partial charge is 0.493 e. The number of rotatable bonds is 4. The molecule has 1 aromatic carbocycles. The van der Waals surface area contributed by atoms with Crippen LogP contribution >= 0.6 is 0 Å². The number of nitrogens with zero attached hydrogens (tertiary/aromatic N) is 3. The van der Waals surface area contributed by atoms with Crippen LogP contribution in [0.1, 0.15) is 32.1 Å². The first-order valence-electron chi connectivity index (χ1n) is 9.66. The lowest BCUT2D eigenvalue weighted by Crippen LogP contribution is -2.35. The number of ether oxygens (including phenoxy) is 2. The summed E-state index contributed by atoms with van der Waals surface area (Å²) in [5.41, 5.74) is 1.51. The molecular formula is C21H25N3O4. The van der Waals surface area contributed by atoms with E-state index in [1.165, 1.54) is 31.9 Å². The van der Waals surface area contributed by atoms with Crippen LogP contribution in [0.25, 0.3) is 10.9 Å². The summed E-state index contributed by atoms with van der Waals surface area (Å²) in [6.45, 7) is 1.46. The fourth-order valence-electron chi connectivity index (χ4n) is 4.69. The van der Waals surface area contributed by atoms with Crippen molar-refractivity contribution in [1.29, 1.82) is 0 Å². The van der Waals surface area contributed by atoms with E-state index < -0.39 is 0 Å². The third kappa shape index (κ3) is 3.15. The minimum atomic E-state index is -0.339. The maximum absolute atomic E-state index is 11.8. The predicted molar refractivity (Wildman–Crippen MR) is 108 cm³/mol. The van der Waals surface area contributed by atoms with Crippen molar-refractivity contribution >= 4 is 22.3 Å². The Kier molecular flexibility index (Phi) is 4.83. The lowest BCUT2D eigenvalue weighted by molar-refractivity contribution is -0.384. The highest BCUT2D eigenvalue weighted by Crippen LogP contribution is 2.46. The van der Waals surface area contributed by atoms with E-state index in [2.05, 4.69) is 22.0 Å². The summed E-state index contributed by atoms with van der Waals surface area (Å²) in [7, 11) is 3.13. The molecule has 1 aliphatic heterocycles. The van der Waals surface area contributed by atoms with Crippen molar-refractivity contribution in [2.45, 2.75) is 32.1 Å². The first-order valence-corrected chi connectivity index (χ1v) is 9.66. The molecule has 1 aliphatic carbocycles. The van der Waals surface area contributed by atoms with Gasteiger partial charge in [0.2, 0.25) is 0 Å². The average Bonchev–Trinajstić information content (AvgIpc) is 3.05. The van der Waals surface area contributed by atoms with E-state index in [4.69, 9.17) is 9.47 Å². The van der Waals surface area contributed by atoms with Crippen molar-refractivity contribution in [2.24, 2.45) is 5.41 Å². The van der Waals surface area contributed by atoms with Crippen molar-refractivity contribution in [3.8, 4) is 11.5 Å². The third-order valence-electron chi connectivity index (χ3n) is 6.07. The van der Waals surface area contributed by atoms with Gasteiger partial charge >= 0.3 is 5.69 Å². The molecule has 2 aromatic rings. The zero-order valence-corrected chi connectivity index (χ0v) is 16.3. The summed E-state index contributed by atoms with van der Waals surface area (Å²) < 4.78 is 10.8. The molecule has 0 atom stereocenters. The first-order chi connectivity index (χ1) is 13.6. The summed E-state index contributed by atoms with van der Waals surface area (Å²) in [4.78, 5) is 18.0. The molecule has 7 nitrogen and oxygen atoms in total. The van der Waals surface area contributed by atoms with E-state index in [9.17, 15) is 10.1 Å². The number of pyridine rings is 1. The van der Waals surface area contributed by atoms with Gasteiger partial charge < -0.3 is 14.4 Å². The molecule has 28 heavy (non-hydrogen) atoms. The van der Waals surface area contributed by atoms with E-state index in [0.717, 1.165) is 18.4 Å². The number of benzene rings is 1. The number of allylic oxidation sites excluding steroid dienone is 1. The van der Waals surface area contributed by atoms with Crippen molar-refractivity contribution < 1.29 is 14.4 Å². The number of hydrogen-bond acceptors (Lipinski definition) is 6.